The fourth-order valence-electron chi connectivity index (χ4n) is 4.57. The molecule has 210 valence electrons. The molecule has 14 nitrogen and oxygen atoms in total. The van der Waals surface area contributed by atoms with E-state index in [0.29, 0.717) is 12.0 Å². The Hall–Kier alpha value is -4.46. The average Bonchev–Trinajstić information content (AvgIpc) is 3.53. The number of benzene rings is 1. The molecular formula is C25H32N6O8. The van der Waals surface area contributed by atoms with E-state index in [2.05, 4.69) is 15.6 Å². The van der Waals surface area contributed by atoms with Crippen LogP contribution < -0.4 is 22.1 Å². The molecule has 2 heterocycles. The van der Waals surface area contributed by atoms with E-state index >= 15 is 0 Å². The fourth-order valence-corrected chi connectivity index (χ4v) is 4.57. The summed E-state index contributed by atoms with van der Waals surface area (Å²) in [6.45, 7) is 0.103. The Bertz CT molecular complexity index is 1260. The van der Waals surface area contributed by atoms with Gasteiger partial charge >= 0.3 is 11.9 Å². The molecule has 0 saturated carbocycles. The van der Waals surface area contributed by atoms with Crippen molar-refractivity contribution in [2.45, 2.75) is 62.7 Å². The first kappa shape index (κ1) is 29.1. The van der Waals surface area contributed by atoms with Crippen molar-refractivity contribution in [2.24, 2.45) is 11.5 Å². The number of nitrogens with zero attached hydrogens (tertiary/aromatic N) is 1. The van der Waals surface area contributed by atoms with Gasteiger partial charge in [0.2, 0.25) is 23.6 Å². The summed E-state index contributed by atoms with van der Waals surface area (Å²) < 4.78 is 0. The molecule has 1 aromatic heterocycles. The van der Waals surface area contributed by atoms with Gasteiger partial charge in [-0.3, -0.25) is 24.0 Å². The van der Waals surface area contributed by atoms with E-state index < -0.39 is 66.2 Å². The van der Waals surface area contributed by atoms with Gasteiger partial charge in [-0.1, -0.05) is 18.2 Å². The molecule has 1 aliphatic rings. The quantitative estimate of drug-likeness (QED) is 0.160. The van der Waals surface area contributed by atoms with Crippen LogP contribution in [0.3, 0.4) is 0 Å². The third-order valence-corrected chi connectivity index (χ3v) is 6.58. The Morgan fingerprint density at radius 3 is 2.41 bits per heavy atom. The Morgan fingerprint density at radius 1 is 1.05 bits per heavy atom. The molecule has 1 aromatic carbocycles. The van der Waals surface area contributed by atoms with E-state index in [4.69, 9.17) is 11.5 Å². The minimum atomic E-state index is -1.57. The standard InChI is InChI=1S/C25H32N6O8/c26-15(7-8-20(27)32)22(35)29-17(10-13-12-28-16-5-2-1-4-14(13)16)23(36)30-18(11-21(33)34)24(37)31-9-3-6-19(31)25(38)39/h1-2,4-5,12,15,17-19,28H,3,6-11,26H2,(H2,27,32)(H,29,35)(H,30,36)(H,33,34)(H,38,39). The first-order valence-corrected chi connectivity index (χ1v) is 12.4. The highest BCUT2D eigenvalue weighted by molar-refractivity contribution is 5.96. The van der Waals surface area contributed by atoms with Gasteiger partial charge in [0, 0.05) is 36.5 Å². The van der Waals surface area contributed by atoms with E-state index in [1.54, 1.807) is 12.3 Å². The van der Waals surface area contributed by atoms with E-state index in [-0.39, 0.29) is 32.2 Å². The van der Waals surface area contributed by atoms with E-state index in [0.717, 1.165) is 15.8 Å². The number of hydrogen-bond donors (Lipinski definition) is 7. The topological polar surface area (TPSA) is 238 Å². The van der Waals surface area contributed by atoms with Crippen LogP contribution in [0.5, 0.6) is 0 Å². The molecule has 4 atom stereocenters. The summed E-state index contributed by atoms with van der Waals surface area (Å²) in [4.78, 5) is 77.6. The molecule has 0 spiro atoms. The van der Waals surface area contributed by atoms with Crippen molar-refractivity contribution in [3.05, 3.63) is 36.0 Å². The highest BCUT2D eigenvalue weighted by atomic mass is 16.4. The molecule has 0 aliphatic carbocycles. The highest BCUT2D eigenvalue weighted by Crippen LogP contribution is 2.21. The predicted octanol–water partition coefficient (Wildman–Crippen LogP) is -1.18. The largest absolute Gasteiger partial charge is 0.481 e. The van der Waals surface area contributed by atoms with Crippen LogP contribution in [-0.2, 0) is 35.2 Å². The summed E-state index contributed by atoms with van der Waals surface area (Å²) in [7, 11) is 0. The Balaban J connectivity index is 1.84. The number of aromatic nitrogens is 1. The van der Waals surface area contributed by atoms with Crippen molar-refractivity contribution in [1.29, 1.82) is 0 Å². The van der Waals surface area contributed by atoms with E-state index in [9.17, 15) is 39.0 Å². The minimum absolute atomic E-state index is 0.0421. The first-order chi connectivity index (χ1) is 18.5. The number of primary amides is 1. The normalized spacial score (nSPS) is 17.3. The zero-order chi connectivity index (χ0) is 28.7. The van der Waals surface area contributed by atoms with Gasteiger partial charge in [0.1, 0.15) is 18.1 Å². The molecule has 1 saturated heterocycles. The number of rotatable bonds is 13. The van der Waals surface area contributed by atoms with Crippen LogP contribution in [0.2, 0.25) is 0 Å². The van der Waals surface area contributed by atoms with Gasteiger partial charge in [-0.2, -0.15) is 0 Å². The maximum absolute atomic E-state index is 13.4. The molecule has 9 N–H and O–H groups in total. The van der Waals surface area contributed by atoms with Crippen LogP contribution in [0.25, 0.3) is 10.9 Å². The maximum Gasteiger partial charge on any atom is 0.326 e. The lowest BCUT2D eigenvalue weighted by Gasteiger charge is -2.28. The van der Waals surface area contributed by atoms with Gasteiger partial charge in [-0.25, -0.2) is 4.79 Å². The number of amides is 4. The Kier molecular flexibility index (Phi) is 9.60. The lowest BCUT2D eigenvalue weighted by molar-refractivity contribution is -0.150. The van der Waals surface area contributed by atoms with Crippen LogP contribution >= 0.6 is 0 Å². The molecule has 1 aliphatic heterocycles. The van der Waals surface area contributed by atoms with Crippen molar-refractivity contribution < 1.29 is 39.0 Å². The van der Waals surface area contributed by atoms with Gasteiger partial charge in [0.05, 0.1) is 12.5 Å². The third kappa shape index (κ3) is 7.54. The van der Waals surface area contributed by atoms with E-state index in [1.165, 1.54) is 0 Å². The number of nitrogens with two attached hydrogens (primary N) is 2. The Labute approximate surface area is 223 Å². The van der Waals surface area contributed by atoms with E-state index in [1.807, 2.05) is 18.2 Å². The number of aliphatic carboxylic acids is 2. The smallest absolute Gasteiger partial charge is 0.326 e. The van der Waals surface area contributed by atoms with Crippen LogP contribution in [0.1, 0.15) is 37.7 Å². The van der Waals surface area contributed by atoms with Gasteiger partial charge in [-0.15, -0.1) is 0 Å². The summed E-state index contributed by atoms with van der Waals surface area (Å²) in [6, 6.07) is 2.11. The molecule has 4 unspecified atom stereocenters. The van der Waals surface area contributed by atoms with Crippen LogP contribution in [0.15, 0.2) is 30.5 Å². The Morgan fingerprint density at radius 2 is 1.74 bits per heavy atom. The average molecular weight is 545 g/mol. The molecule has 1 fully saturated rings. The van der Waals surface area contributed by atoms with Crippen molar-refractivity contribution in [3.63, 3.8) is 0 Å². The number of carbonyl (C=O) groups is 6. The molecule has 0 bridgehead atoms. The number of para-hydroxylation sites is 1. The second-order valence-electron chi connectivity index (χ2n) is 9.42. The van der Waals surface area contributed by atoms with Crippen molar-refractivity contribution in [3.8, 4) is 0 Å². The van der Waals surface area contributed by atoms with Gasteiger partial charge in [0.15, 0.2) is 0 Å². The SMILES string of the molecule is NC(=O)CCC(N)C(=O)NC(Cc1c[nH]c2ccccc12)C(=O)NC(CC(=O)O)C(=O)N1CCCC1C(=O)O. The molecule has 4 amide bonds. The zero-order valence-electron chi connectivity index (χ0n) is 21.1. The number of hydrogen-bond acceptors (Lipinski definition) is 7. The van der Waals surface area contributed by atoms with Gasteiger partial charge in [0.25, 0.3) is 0 Å². The van der Waals surface area contributed by atoms with Crippen molar-refractivity contribution >= 4 is 46.5 Å². The summed E-state index contributed by atoms with van der Waals surface area (Å²) in [5.74, 6) is -5.71. The molecule has 3 rings (SSSR count). The summed E-state index contributed by atoms with van der Waals surface area (Å²) in [6.07, 6.45) is 1.23. The molecule has 0 radical (unpaired) electrons. The molecule has 2 aromatic rings. The van der Waals surface area contributed by atoms with Crippen LogP contribution in [0, 0.1) is 0 Å². The molecule has 39 heavy (non-hydrogen) atoms. The van der Waals surface area contributed by atoms with Gasteiger partial charge in [-0.05, 0) is 30.9 Å². The van der Waals surface area contributed by atoms with Crippen LogP contribution in [-0.4, -0.2) is 86.4 Å². The lowest BCUT2D eigenvalue weighted by atomic mass is 10.0. The number of carboxylic acids is 2. The number of nitrogens with one attached hydrogen (secondary N) is 3. The predicted molar refractivity (Wildman–Crippen MR) is 137 cm³/mol. The second kappa shape index (κ2) is 12.9. The third-order valence-electron chi connectivity index (χ3n) is 6.58. The number of likely N-dealkylation sites (tertiary alicyclic amines) is 1. The lowest BCUT2D eigenvalue weighted by Crippen LogP contribution is -2.58. The minimum Gasteiger partial charge on any atom is -0.481 e. The number of aromatic amines is 1. The van der Waals surface area contributed by atoms with Gasteiger partial charge < -0.3 is 42.2 Å². The highest BCUT2D eigenvalue weighted by Gasteiger charge is 2.39. The summed E-state index contributed by atoms with van der Waals surface area (Å²) >= 11 is 0. The maximum atomic E-state index is 13.4. The second-order valence-corrected chi connectivity index (χ2v) is 9.42. The van der Waals surface area contributed by atoms with Crippen LogP contribution in [0.4, 0.5) is 0 Å². The number of carboxylic acid groups (broad SMARTS) is 2. The van der Waals surface area contributed by atoms with Crippen molar-refractivity contribution in [1.82, 2.24) is 20.5 Å². The number of carbonyl (C=O) groups excluding carboxylic acids is 4. The van der Waals surface area contributed by atoms with Crippen molar-refractivity contribution in [2.75, 3.05) is 6.54 Å². The first-order valence-electron chi connectivity index (χ1n) is 12.4. The molecule has 14 heteroatoms. The monoisotopic (exact) mass is 544 g/mol. The summed E-state index contributed by atoms with van der Waals surface area (Å²) in [5, 5.41) is 24.5. The zero-order valence-corrected chi connectivity index (χ0v) is 21.1. The summed E-state index contributed by atoms with van der Waals surface area (Å²) in [5.41, 5.74) is 12.4. The number of fused-ring (bicyclic) bond motifs is 1. The molecular weight excluding hydrogens is 512 g/mol. The fraction of sp³-hybridized carbons (Fsp3) is 0.440. The number of H-pyrrole nitrogens is 1.